The lowest BCUT2D eigenvalue weighted by Gasteiger charge is -2.38. The van der Waals surface area contributed by atoms with Gasteiger partial charge in [-0.1, -0.05) is 46.3 Å². The van der Waals surface area contributed by atoms with E-state index in [1.165, 1.54) is 0 Å². The van der Waals surface area contributed by atoms with Crippen LogP contribution in [-0.4, -0.2) is 29.4 Å². The third-order valence-electron chi connectivity index (χ3n) is 4.81. The molecule has 1 unspecified atom stereocenters. The van der Waals surface area contributed by atoms with Crippen molar-refractivity contribution in [3.63, 3.8) is 0 Å². The number of nitrogens with one attached hydrogen (secondary N) is 1. The zero-order valence-corrected chi connectivity index (χ0v) is 16.9. The molecule has 0 radical (unpaired) electrons. The molecule has 1 aliphatic heterocycles. The lowest BCUT2D eigenvalue weighted by atomic mass is 9.89. The summed E-state index contributed by atoms with van der Waals surface area (Å²) in [6.45, 7) is 4.62. The lowest BCUT2D eigenvalue weighted by Crippen LogP contribution is -2.46. The summed E-state index contributed by atoms with van der Waals surface area (Å²) in [4.78, 5) is 0. The Hall–Kier alpha value is -1.40. The molecule has 2 aromatic rings. The molecule has 4 nitrogen and oxygen atoms in total. The Balaban J connectivity index is 1.64. The molecule has 0 aromatic heterocycles. The van der Waals surface area contributed by atoms with E-state index in [9.17, 15) is 5.11 Å². The molecular formula is C21H27BrN2O2. The molecule has 26 heavy (non-hydrogen) atoms. The summed E-state index contributed by atoms with van der Waals surface area (Å²) in [6, 6.07) is 15.9. The molecule has 0 amide bonds. The molecule has 2 aromatic carbocycles. The van der Waals surface area contributed by atoms with Crippen LogP contribution in [0.5, 0.6) is 5.75 Å². The minimum atomic E-state index is -0.614. The summed E-state index contributed by atoms with van der Waals surface area (Å²) < 4.78 is 7.11. The van der Waals surface area contributed by atoms with Gasteiger partial charge in [-0.05, 0) is 44.0 Å². The molecule has 0 aliphatic carbocycles. The number of benzene rings is 2. The fourth-order valence-electron chi connectivity index (χ4n) is 3.44. The number of halogens is 1. The first kappa shape index (κ1) is 19.4. The second-order valence-corrected chi connectivity index (χ2v) is 8.55. The zero-order chi connectivity index (χ0) is 18.7. The SMILES string of the molecule is CC1(C)CC(NC[C@@H](O)[C@@H](N)Cc2ccccc2)c2cc(Br)ccc2O1. The average Bonchev–Trinajstić information content (AvgIpc) is 2.60. The Morgan fingerprint density at radius 2 is 2.00 bits per heavy atom. The number of aliphatic hydroxyl groups excluding tert-OH is 1. The number of hydrogen-bond acceptors (Lipinski definition) is 4. The quantitative estimate of drug-likeness (QED) is 0.670. The van der Waals surface area contributed by atoms with Crippen molar-refractivity contribution in [1.82, 2.24) is 5.32 Å². The van der Waals surface area contributed by atoms with Crippen LogP contribution >= 0.6 is 15.9 Å². The summed E-state index contributed by atoms with van der Waals surface area (Å²) in [6.07, 6.45) is 0.874. The summed E-state index contributed by atoms with van der Waals surface area (Å²) in [7, 11) is 0. The van der Waals surface area contributed by atoms with E-state index in [2.05, 4.69) is 41.2 Å². The van der Waals surface area contributed by atoms with E-state index in [-0.39, 0.29) is 17.7 Å². The molecule has 0 saturated carbocycles. The second-order valence-electron chi connectivity index (χ2n) is 7.63. The smallest absolute Gasteiger partial charge is 0.124 e. The van der Waals surface area contributed by atoms with Crippen LogP contribution in [0.3, 0.4) is 0 Å². The minimum absolute atomic E-state index is 0.116. The molecule has 4 N–H and O–H groups in total. The van der Waals surface area contributed by atoms with E-state index in [1.54, 1.807) is 0 Å². The van der Waals surface area contributed by atoms with Crippen LogP contribution in [0.4, 0.5) is 0 Å². The third kappa shape index (κ3) is 4.86. The number of fused-ring (bicyclic) bond motifs is 1. The van der Waals surface area contributed by atoms with Crippen molar-refractivity contribution in [2.24, 2.45) is 5.73 Å². The van der Waals surface area contributed by atoms with Crippen LogP contribution in [0.2, 0.25) is 0 Å². The Kier molecular flexibility index (Phi) is 6.03. The van der Waals surface area contributed by atoms with Gasteiger partial charge in [-0.2, -0.15) is 0 Å². The maximum atomic E-state index is 10.5. The highest BCUT2D eigenvalue weighted by Gasteiger charge is 2.34. The van der Waals surface area contributed by atoms with Crippen molar-refractivity contribution < 1.29 is 9.84 Å². The van der Waals surface area contributed by atoms with E-state index in [0.717, 1.165) is 27.8 Å². The van der Waals surface area contributed by atoms with Crippen molar-refractivity contribution in [2.75, 3.05) is 6.54 Å². The minimum Gasteiger partial charge on any atom is -0.487 e. The van der Waals surface area contributed by atoms with E-state index in [1.807, 2.05) is 42.5 Å². The van der Waals surface area contributed by atoms with Crippen molar-refractivity contribution in [2.45, 2.75) is 50.5 Å². The molecule has 0 spiro atoms. The monoisotopic (exact) mass is 418 g/mol. The molecule has 3 atom stereocenters. The van der Waals surface area contributed by atoms with Crippen LogP contribution in [0.25, 0.3) is 0 Å². The van der Waals surface area contributed by atoms with E-state index in [4.69, 9.17) is 10.5 Å². The fraction of sp³-hybridized carbons (Fsp3) is 0.429. The van der Waals surface area contributed by atoms with Crippen molar-refractivity contribution in [3.05, 3.63) is 64.1 Å². The zero-order valence-electron chi connectivity index (χ0n) is 15.3. The average molecular weight is 419 g/mol. The number of hydrogen-bond donors (Lipinski definition) is 3. The number of aliphatic hydroxyl groups is 1. The Labute approximate surface area is 163 Å². The number of ether oxygens (including phenoxy) is 1. The lowest BCUT2D eigenvalue weighted by molar-refractivity contribution is 0.0604. The van der Waals surface area contributed by atoms with Crippen molar-refractivity contribution >= 4 is 15.9 Å². The van der Waals surface area contributed by atoms with Gasteiger partial charge in [0.05, 0.1) is 6.10 Å². The maximum absolute atomic E-state index is 10.5. The van der Waals surface area contributed by atoms with E-state index in [0.29, 0.717) is 13.0 Å². The normalized spacial score (nSPS) is 20.7. The fourth-order valence-corrected chi connectivity index (χ4v) is 3.82. The Morgan fingerprint density at radius 1 is 1.27 bits per heavy atom. The highest BCUT2D eigenvalue weighted by molar-refractivity contribution is 9.10. The van der Waals surface area contributed by atoms with Crippen LogP contribution < -0.4 is 15.8 Å². The first-order valence-corrected chi connectivity index (χ1v) is 9.83. The van der Waals surface area contributed by atoms with Crippen LogP contribution in [0, 0.1) is 0 Å². The summed E-state index contributed by atoms with van der Waals surface area (Å²) in [5.74, 6) is 0.894. The molecule has 0 bridgehead atoms. The van der Waals surface area contributed by atoms with Crippen LogP contribution in [-0.2, 0) is 6.42 Å². The topological polar surface area (TPSA) is 67.5 Å². The molecule has 0 saturated heterocycles. The van der Waals surface area contributed by atoms with Gasteiger partial charge in [0, 0.05) is 35.1 Å². The predicted molar refractivity (Wildman–Crippen MR) is 108 cm³/mol. The summed E-state index contributed by atoms with van der Waals surface area (Å²) >= 11 is 3.53. The highest BCUT2D eigenvalue weighted by atomic mass is 79.9. The van der Waals surface area contributed by atoms with Gasteiger partial charge < -0.3 is 20.9 Å². The molecule has 3 rings (SSSR count). The van der Waals surface area contributed by atoms with Crippen molar-refractivity contribution in [1.29, 1.82) is 0 Å². The van der Waals surface area contributed by atoms with Crippen LogP contribution in [0.1, 0.15) is 37.4 Å². The summed E-state index contributed by atoms with van der Waals surface area (Å²) in [5.41, 5.74) is 8.21. The maximum Gasteiger partial charge on any atom is 0.124 e. The van der Waals surface area contributed by atoms with E-state index >= 15 is 0 Å². The second kappa shape index (κ2) is 8.09. The Morgan fingerprint density at radius 3 is 2.73 bits per heavy atom. The van der Waals surface area contributed by atoms with Gasteiger partial charge in [0.25, 0.3) is 0 Å². The third-order valence-corrected chi connectivity index (χ3v) is 5.30. The standard InChI is InChI=1S/C21H27BrN2O2/c1-21(2)12-18(16-11-15(22)8-9-20(16)26-21)24-13-19(25)17(23)10-14-6-4-3-5-7-14/h3-9,11,17-19,24-25H,10,12-13,23H2,1-2H3/t17-,18?,19+/m0/s1. The van der Waals surface area contributed by atoms with Gasteiger partial charge in [0.2, 0.25) is 0 Å². The van der Waals surface area contributed by atoms with Gasteiger partial charge >= 0.3 is 0 Å². The molecule has 140 valence electrons. The van der Waals surface area contributed by atoms with Gasteiger partial charge in [-0.3, -0.25) is 0 Å². The van der Waals surface area contributed by atoms with E-state index < -0.39 is 6.10 Å². The first-order chi connectivity index (χ1) is 12.3. The molecule has 1 heterocycles. The Bertz CT molecular complexity index is 736. The van der Waals surface area contributed by atoms with Gasteiger partial charge in [-0.25, -0.2) is 0 Å². The molecule has 0 fully saturated rings. The van der Waals surface area contributed by atoms with Gasteiger partial charge in [0.1, 0.15) is 11.4 Å². The molecule has 1 aliphatic rings. The predicted octanol–water partition coefficient (Wildman–Crippen LogP) is 3.57. The summed E-state index contributed by atoms with van der Waals surface area (Å²) in [5, 5.41) is 14.0. The first-order valence-electron chi connectivity index (χ1n) is 9.03. The highest BCUT2D eigenvalue weighted by Crippen LogP contribution is 2.40. The van der Waals surface area contributed by atoms with Crippen LogP contribution in [0.15, 0.2) is 53.0 Å². The van der Waals surface area contributed by atoms with Crippen molar-refractivity contribution in [3.8, 4) is 5.75 Å². The molecular weight excluding hydrogens is 392 g/mol. The van der Waals surface area contributed by atoms with Gasteiger partial charge in [-0.15, -0.1) is 0 Å². The van der Waals surface area contributed by atoms with Gasteiger partial charge in [0.15, 0.2) is 0 Å². The number of rotatable bonds is 6. The largest absolute Gasteiger partial charge is 0.487 e. The number of nitrogens with two attached hydrogens (primary N) is 1. The molecule has 5 heteroatoms.